The van der Waals surface area contributed by atoms with Crippen molar-refractivity contribution < 1.29 is 33.0 Å². The minimum atomic E-state index is -1.08. The van der Waals surface area contributed by atoms with E-state index in [0.717, 1.165) is 23.8 Å². The van der Waals surface area contributed by atoms with Crippen molar-refractivity contribution in [3.05, 3.63) is 83.7 Å². The van der Waals surface area contributed by atoms with E-state index < -0.39 is 63.7 Å². The molecule has 5 N–H and O–H groups in total. The summed E-state index contributed by atoms with van der Waals surface area (Å²) in [5.41, 5.74) is 6.96. The van der Waals surface area contributed by atoms with Crippen molar-refractivity contribution in [1.29, 1.82) is 0 Å². The third kappa shape index (κ3) is 11.9. The Balaban J connectivity index is 2.05. The molecule has 0 aliphatic heterocycles. The lowest BCUT2D eigenvalue weighted by molar-refractivity contribution is -0.140. The molecule has 3 aromatic rings. The number of aliphatic hydroxyl groups is 1. The number of amides is 3. The van der Waals surface area contributed by atoms with Crippen LogP contribution in [0.5, 0.6) is 0 Å². The van der Waals surface area contributed by atoms with E-state index in [1.54, 1.807) is 12.3 Å². The van der Waals surface area contributed by atoms with E-state index in [2.05, 4.69) is 29.4 Å². The number of nitrogens with two attached hydrogens (primary N) is 1. The number of hydrogen-bond donors (Lipinski definition) is 4. The molecule has 1 heterocycles. The van der Waals surface area contributed by atoms with E-state index in [9.17, 15) is 23.9 Å². The molecular weight excluding hydrogens is 652 g/mol. The average Bonchev–Trinajstić information content (AvgIpc) is 3.43. The molecule has 13 heteroatoms. The highest BCUT2D eigenvalue weighted by molar-refractivity contribution is 8.32. The zero-order valence-electron chi connectivity index (χ0n) is 29.3. The van der Waals surface area contributed by atoms with Gasteiger partial charge in [-0.15, -0.1) is 0 Å². The largest absolute Gasteiger partial charge is 0.449 e. The zero-order valence-corrected chi connectivity index (χ0v) is 30.1. The van der Waals surface area contributed by atoms with Crippen LogP contribution in [0, 0.1) is 17.0 Å². The van der Waals surface area contributed by atoms with Gasteiger partial charge in [0, 0.05) is 54.9 Å². The number of carbonyl (C=O) groups is 3. The molecule has 0 radical (unpaired) electrons. The predicted molar refractivity (Wildman–Crippen MR) is 192 cm³/mol. The Morgan fingerprint density at radius 3 is 2.37 bits per heavy atom. The number of rotatable bonds is 16. The molecule has 3 rings (SSSR count). The van der Waals surface area contributed by atoms with Gasteiger partial charge in [-0.1, -0.05) is 51.1 Å². The molecule has 270 valence electrons. The summed E-state index contributed by atoms with van der Waals surface area (Å²) in [6.45, 7) is 5.83. The first-order chi connectivity index (χ1) is 23.0. The van der Waals surface area contributed by atoms with Crippen LogP contribution in [0.1, 0.15) is 44.5 Å². The van der Waals surface area contributed by atoms with E-state index in [0.29, 0.717) is 23.6 Å². The molecular formula is C36H51F2N5O5S. The molecule has 0 spiro atoms. The predicted octanol–water partition coefficient (Wildman–Crippen LogP) is 4.64. The summed E-state index contributed by atoms with van der Waals surface area (Å²) < 4.78 is 36.6. The number of ether oxygens (including phenoxy) is 1. The van der Waals surface area contributed by atoms with Gasteiger partial charge in [0.25, 0.3) is 0 Å². The highest BCUT2D eigenvalue weighted by Crippen LogP contribution is 2.41. The zero-order chi connectivity index (χ0) is 36.4. The fraction of sp³-hybridized carbons (Fsp3) is 0.472. The van der Waals surface area contributed by atoms with Crippen LogP contribution in [0.25, 0.3) is 11.1 Å². The molecule has 0 bridgehead atoms. The van der Waals surface area contributed by atoms with E-state index in [-0.39, 0.29) is 38.2 Å². The second-order valence-corrected chi connectivity index (χ2v) is 18.5. The first kappa shape index (κ1) is 39.5. The average molecular weight is 704 g/mol. The van der Waals surface area contributed by atoms with Crippen molar-refractivity contribution in [2.75, 3.05) is 57.4 Å². The highest BCUT2D eigenvalue weighted by Gasteiger charge is 2.38. The number of benzene rings is 2. The number of nitrogens with one attached hydrogen (secondary N) is 2. The standard InChI is InChI=1S/C36H51F2N5O5S/c1-36(2,3)33(31-20-26(28-21-27(37)12-13-29(28)38)23-42(31)22-25-10-8-7-9-11-25)43(32(45)24-44)17-14-30(34(46)40-16-15-39)41-35(47)48-18-19-49(4,5)6/h7-13,20-21,23,30,33,44H,14-19,22,24,39H2,1-6H3,(H,40,46)(H,41,47)/t30-,33-/m0/s1. The maximum Gasteiger partial charge on any atom is 0.407 e. The lowest BCUT2D eigenvalue weighted by Crippen LogP contribution is -2.51. The van der Waals surface area contributed by atoms with Crippen LogP contribution in [-0.2, 0) is 20.9 Å². The van der Waals surface area contributed by atoms with Gasteiger partial charge in [-0.05, 0) is 60.4 Å². The number of carbonyl (C=O) groups excluding carboxylic acids is 3. The topological polar surface area (TPSA) is 139 Å². The molecule has 2 atom stereocenters. The maximum atomic E-state index is 15.1. The van der Waals surface area contributed by atoms with Gasteiger partial charge in [0.1, 0.15) is 30.9 Å². The molecule has 0 fully saturated rings. The van der Waals surface area contributed by atoms with Crippen LogP contribution in [-0.4, -0.2) is 95.9 Å². The van der Waals surface area contributed by atoms with Crippen LogP contribution in [0.4, 0.5) is 13.6 Å². The third-order valence-corrected chi connectivity index (χ3v) is 9.26. The molecule has 0 saturated heterocycles. The number of aliphatic hydroxyl groups excluding tert-OH is 1. The van der Waals surface area contributed by atoms with Gasteiger partial charge in [0.15, 0.2) is 0 Å². The summed E-state index contributed by atoms with van der Waals surface area (Å²) >= 11 is 0. The van der Waals surface area contributed by atoms with Crippen molar-refractivity contribution in [2.45, 2.75) is 45.8 Å². The van der Waals surface area contributed by atoms with Crippen molar-refractivity contribution in [2.24, 2.45) is 11.1 Å². The SMILES string of the molecule is CC(C)(C)[C@H](c1cc(-c2cc(F)ccc2F)cn1Cc1ccccc1)N(CC[C@H](NC(=O)OCCS(C)(C)C)C(=O)NCCN)C(=O)CO. The van der Waals surface area contributed by atoms with Gasteiger partial charge >= 0.3 is 6.09 Å². The fourth-order valence-electron chi connectivity index (χ4n) is 5.52. The number of alkyl carbamates (subject to hydrolysis) is 1. The summed E-state index contributed by atoms with van der Waals surface area (Å²) in [5.74, 6) is -1.61. The monoisotopic (exact) mass is 703 g/mol. The molecule has 0 aliphatic carbocycles. The van der Waals surface area contributed by atoms with Crippen molar-refractivity contribution >= 4 is 27.9 Å². The minimum Gasteiger partial charge on any atom is -0.449 e. The number of hydrogen-bond acceptors (Lipinski definition) is 6. The Kier molecular flexibility index (Phi) is 14.2. The second kappa shape index (κ2) is 17.6. The van der Waals surface area contributed by atoms with Crippen molar-refractivity contribution in [1.82, 2.24) is 20.1 Å². The molecule has 1 aromatic heterocycles. The fourth-order valence-corrected chi connectivity index (χ4v) is 6.11. The summed E-state index contributed by atoms with van der Waals surface area (Å²) in [5, 5.41) is 15.5. The van der Waals surface area contributed by atoms with Crippen LogP contribution in [0.2, 0.25) is 0 Å². The van der Waals surface area contributed by atoms with Crippen LogP contribution in [0.3, 0.4) is 0 Å². The van der Waals surface area contributed by atoms with Gasteiger partial charge < -0.3 is 35.7 Å². The normalized spacial score (nSPS) is 13.3. The van der Waals surface area contributed by atoms with Crippen molar-refractivity contribution in [3.63, 3.8) is 0 Å². The Morgan fingerprint density at radius 2 is 1.76 bits per heavy atom. The molecule has 2 aromatic carbocycles. The third-order valence-electron chi connectivity index (χ3n) is 7.87. The van der Waals surface area contributed by atoms with Gasteiger partial charge in [-0.2, -0.15) is 0 Å². The Hall–Kier alpha value is -3.94. The van der Waals surface area contributed by atoms with E-state index in [4.69, 9.17) is 10.5 Å². The molecule has 0 saturated carbocycles. The Labute approximate surface area is 289 Å². The first-order valence-electron chi connectivity index (χ1n) is 16.2. The van der Waals surface area contributed by atoms with E-state index in [1.165, 1.54) is 4.90 Å². The molecule has 0 unspecified atom stereocenters. The van der Waals surface area contributed by atoms with E-state index >= 15 is 4.39 Å². The summed E-state index contributed by atoms with van der Waals surface area (Å²) in [6.07, 6.45) is 7.25. The molecule has 10 nitrogen and oxygen atoms in total. The van der Waals surface area contributed by atoms with Gasteiger partial charge in [0.05, 0.1) is 6.04 Å². The van der Waals surface area contributed by atoms with Crippen molar-refractivity contribution in [3.8, 4) is 11.1 Å². The first-order valence-corrected chi connectivity index (χ1v) is 19.2. The number of aromatic nitrogens is 1. The number of halogens is 2. The minimum absolute atomic E-state index is 0.0148. The quantitative estimate of drug-likeness (QED) is 0.172. The summed E-state index contributed by atoms with van der Waals surface area (Å²) in [6, 6.07) is 12.7. The van der Waals surface area contributed by atoms with Gasteiger partial charge in [-0.3, -0.25) is 9.59 Å². The highest BCUT2D eigenvalue weighted by atomic mass is 32.3. The Morgan fingerprint density at radius 1 is 1.06 bits per heavy atom. The molecule has 0 aliphatic rings. The van der Waals surface area contributed by atoms with Gasteiger partial charge in [0.2, 0.25) is 11.8 Å². The second-order valence-electron chi connectivity index (χ2n) is 13.9. The van der Waals surface area contributed by atoms with Gasteiger partial charge in [-0.25, -0.2) is 23.6 Å². The molecule has 49 heavy (non-hydrogen) atoms. The lowest BCUT2D eigenvalue weighted by Gasteiger charge is -2.41. The summed E-state index contributed by atoms with van der Waals surface area (Å²) in [4.78, 5) is 41.0. The summed E-state index contributed by atoms with van der Waals surface area (Å²) in [7, 11) is -0.912. The van der Waals surface area contributed by atoms with Crippen LogP contribution < -0.4 is 16.4 Å². The maximum absolute atomic E-state index is 15.1. The van der Waals surface area contributed by atoms with E-state index in [1.807, 2.05) is 55.7 Å². The Bertz CT molecular complexity index is 1560. The van der Waals surface area contributed by atoms with Crippen LogP contribution >= 0.6 is 10.0 Å². The smallest absolute Gasteiger partial charge is 0.407 e. The lowest BCUT2D eigenvalue weighted by atomic mass is 9.82. The van der Waals surface area contributed by atoms with Crippen LogP contribution in [0.15, 0.2) is 60.8 Å². The molecule has 3 amide bonds. The number of nitrogens with zero attached hydrogens (tertiary/aromatic N) is 2.